The number of esters is 1. The summed E-state index contributed by atoms with van der Waals surface area (Å²) in [7, 11) is 0. The minimum atomic E-state index is -1.16. The van der Waals surface area contributed by atoms with E-state index in [9.17, 15) is 9.59 Å². The number of aliphatic carboxylic acids is 1. The summed E-state index contributed by atoms with van der Waals surface area (Å²) in [5.74, 6) is -1.28. The van der Waals surface area contributed by atoms with Gasteiger partial charge in [0.05, 0.1) is 6.61 Å². The van der Waals surface area contributed by atoms with Crippen molar-refractivity contribution in [1.82, 2.24) is 0 Å². The molecule has 0 amide bonds. The predicted molar refractivity (Wildman–Crippen MR) is 33.8 cm³/mol. The van der Waals surface area contributed by atoms with Crippen molar-refractivity contribution in [3.05, 3.63) is 0 Å². The highest BCUT2D eigenvalue weighted by molar-refractivity contribution is 6.01. The fourth-order valence-electron chi connectivity index (χ4n) is 1.80. The van der Waals surface area contributed by atoms with Crippen LogP contribution in [0.4, 0.5) is 0 Å². The maximum atomic E-state index is 11.0. The molecule has 2 aliphatic heterocycles. The molecule has 1 saturated carbocycles. The van der Waals surface area contributed by atoms with Crippen LogP contribution in [-0.4, -0.2) is 23.7 Å². The lowest BCUT2D eigenvalue weighted by Gasteiger charge is -2.46. The zero-order valence-electron chi connectivity index (χ0n) is 5.87. The number of carboxylic acids is 1. The van der Waals surface area contributed by atoms with Gasteiger partial charge in [-0.3, -0.25) is 9.59 Å². The zero-order valence-corrected chi connectivity index (χ0v) is 5.87. The smallest absolute Gasteiger partial charge is 0.323 e. The largest absolute Gasteiger partial charge is 0.480 e. The van der Waals surface area contributed by atoms with Crippen LogP contribution in [0.5, 0.6) is 0 Å². The molecular weight excluding hydrogens is 148 g/mol. The molecule has 0 aromatic heterocycles. The average Bonchev–Trinajstić information content (AvgIpc) is 1.84. The Bertz CT molecular complexity index is 227. The van der Waals surface area contributed by atoms with Crippen LogP contribution >= 0.6 is 0 Å². The standard InChI is InChI=1S/C7H8O4/c8-5(9)7-1-4(2-7)3-11-6(7)10/h4H,1-3H2,(H,8,9). The van der Waals surface area contributed by atoms with Crippen molar-refractivity contribution >= 4 is 11.9 Å². The predicted octanol–water partition coefficient (Wildman–Crippen LogP) is 0.0242. The second-order valence-corrected chi connectivity index (χ2v) is 3.26. The number of hydrogen-bond acceptors (Lipinski definition) is 3. The lowest BCUT2D eigenvalue weighted by Crippen LogP contribution is -2.56. The molecule has 2 bridgehead atoms. The van der Waals surface area contributed by atoms with E-state index in [4.69, 9.17) is 5.11 Å². The first-order valence-electron chi connectivity index (χ1n) is 3.56. The maximum absolute atomic E-state index is 11.0. The third-order valence-corrected chi connectivity index (χ3v) is 2.52. The molecule has 4 nitrogen and oxygen atoms in total. The van der Waals surface area contributed by atoms with Gasteiger partial charge in [-0.2, -0.15) is 0 Å². The monoisotopic (exact) mass is 156 g/mol. The third-order valence-electron chi connectivity index (χ3n) is 2.52. The van der Waals surface area contributed by atoms with E-state index >= 15 is 0 Å². The fraction of sp³-hybridized carbons (Fsp3) is 0.714. The maximum Gasteiger partial charge on any atom is 0.323 e. The number of hydrogen-bond donors (Lipinski definition) is 1. The Morgan fingerprint density at radius 2 is 2.27 bits per heavy atom. The molecule has 4 heteroatoms. The van der Waals surface area contributed by atoms with Crippen LogP contribution in [0.3, 0.4) is 0 Å². The van der Waals surface area contributed by atoms with Crippen molar-refractivity contribution in [1.29, 1.82) is 0 Å². The normalized spacial score (nSPS) is 40.7. The summed E-state index contributed by atoms with van der Waals surface area (Å²) < 4.78 is 4.68. The Kier molecular flexibility index (Phi) is 1.06. The topological polar surface area (TPSA) is 63.6 Å². The molecule has 1 aliphatic carbocycles. The van der Waals surface area contributed by atoms with Crippen LogP contribution in [0.2, 0.25) is 0 Å². The average molecular weight is 156 g/mol. The first-order chi connectivity index (χ1) is 5.15. The number of fused-ring (bicyclic) bond motifs is 2. The van der Waals surface area contributed by atoms with E-state index in [1.54, 1.807) is 0 Å². The van der Waals surface area contributed by atoms with E-state index in [1.165, 1.54) is 0 Å². The summed E-state index contributed by atoms with van der Waals surface area (Å²) in [6, 6.07) is 0. The summed E-state index contributed by atoms with van der Waals surface area (Å²) in [4.78, 5) is 21.6. The molecule has 0 unspecified atom stereocenters. The molecule has 0 atom stereocenters. The Balaban J connectivity index is 2.26. The molecule has 3 rings (SSSR count). The first-order valence-corrected chi connectivity index (χ1v) is 3.56. The Morgan fingerprint density at radius 3 is 2.64 bits per heavy atom. The molecule has 2 heterocycles. The summed E-state index contributed by atoms with van der Waals surface area (Å²) in [6.07, 6.45) is 0.947. The molecular formula is C7H8O4. The van der Waals surface area contributed by atoms with Crippen LogP contribution < -0.4 is 0 Å². The van der Waals surface area contributed by atoms with E-state index in [2.05, 4.69) is 4.74 Å². The summed E-state index contributed by atoms with van der Waals surface area (Å²) in [6.45, 7) is 0.411. The Hall–Kier alpha value is -1.06. The molecule has 0 aromatic carbocycles. The number of rotatable bonds is 1. The molecule has 0 radical (unpaired) electrons. The van der Waals surface area contributed by atoms with Crippen molar-refractivity contribution in [2.24, 2.45) is 11.3 Å². The van der Waals surface area contributed by atoms with Crippen LogP contribution in [0, 0.1) is 11.3 Å². The van der Waals surface area contributed by atoms with Crippen LogP contribution in [0.15, 0.2) is 0 Å². The molecule has 3 aliphatic rings. The van der Waals surface area contributed by atoms with Crippen molar-refractivity contribution in [3.8, 4) is 0 Å². The number of carboxylic acid groups (broad SMARTS) is 1. The van der Waals surface area contributed by atoms with Gasteiger partial charge in [0.2, 0.25) is 0 Å². The second-order valence-electron chi connectivity index (χ2n) is 3.26. The molecule has 0 aromatic rings. The first kappa shape index (κ1) is 6.64. The third kappa shape index (κ3) is 0.640. The Labute approximate surface area is 63.1 Å². The van der Waals surface area contributed by atoms with Crippen molar-refractivity contribution in [2.45, 2.75) is 12.8 Å². The van der Waals surface area contributed by atoms with Gasteiger partial charge in [-0.1, -0.05) is 0 Å². The van der Waals surface area contributed by atoms with Gasteiger partial charge in [-0.25, -0.2) is 0 Å². The molecule has 3 fully saturated rings. The van der Waals surface area contributed by atoms with Crippen LogP contribution in [-0.2, 0) is 14.3 Å². The molecule has 1 N–H and O–H groups in total. The van der Waals surface area contributed by atoms with Gasteiger partial charge in [0, 0.05) is 0 Å². The van der Waals surface area contributed by atoms with Crippen LogP contribution in [0.25, 0.3) is 0 Å². The van der Waals surface area contributed by atoms with Gasteiger partial charge in [0.25, 0.3) is 0 Å². The van der Waals surface area contributed by atoms with Gasteiger partial charge < -0.3 is 9.84 Å². The van der Waals surface area contributed by atoms with Crippen molar-refractivity contribution in [2.75, 3.05) is 6.61 Å². The highest BCUT2D eigenvalue weighted by atomic mass is 16.5. The van der Waals surface area contributed by atoms with Gasteiger partial charge in [0.1, 0.15) is 0 Å². The van der Waals surface area contributed by atoms with E-state index in [0.29, 0.717) is 25.4 Å². The van der Waals surface area contributed by atoms with E-state index < -0.39 is 17.4 Å². The highest BCUT2D eigenvalue weighted by Gasteiger charge is 2.60. The minimum Gasteiger partial charge on any atom is -0.480 e. The minimum absolute atomic E-state index is 0.295. The SMILES string of the molecule is O=C(O)C12CC(COC1=O)C2. The lowest BCUT2D eigenvalue weighted by molar-refractivity contribution is -0.196. The quantitative estimate of drug-likeness (QED) is 0.429. The Morgan fingerprint density at radius 1 is 1.64 bits per heavy atom. The summed E-state index contributed by atoms with van der Waals surface area (Å²) in [5, 5.41) is 8.70. The highest BCUT2D eigenvalue weighted by Crippen LogP contribution is 2.50. The van der Waals surface area contributed by atoms with E-state index in [-0.39, 0.29) is 0 Å². The van der Waals surface area contributed by atoms with E-state index in [0.717, 1.165) is 0 Å². The number of ether oxygens (including phenoxy) is 1. The zero-order chi connectivity index (χ0) is 8.06. The number of carbonyl (C=O) groups is 2. The van der Waals surface area contributed by atoms with E-state index in [1.807, 2.05) is 0 Å². The molecule has 11 heavy (non-hydrogen) atoms. The summed E-state index contributed by atoms with van der Waals surface area (Å²) in [5.41, 5.74) is -1.16. The van der Waals surface area contributed by atoms with Gasteiger partial charge >= 0.3 is 11.9 Å². The fourth-order valence-corrected chi connectivity index (χ4v) is 1.80. The van der Waals surface area contributed by atoms with Gasteiger partial charge in [-0.05, 0) is 18.8 Å². The van der Waals surface area contributed by atoms with Crippen LogP contribution in [0.1, 0.15) is 12.8 Å². The second kappa shape index (κ2) is 1.75. The molecule has 0 spiro atoms. The lowest BCUT2D eigenvalue weighted by atomic mass is 9.60. The van der Waals surface area contributed by atoms with Gasteiger partial charge in [0.15, 0.2) is 5.41 Å². The molecule has 60 valence electrons. The molecule has 2 saturated heterocycles. The number of carbonyl (C=O) groups excluding carboxylic acids is 1. The van der Waals surface area contributed by atoms with Crippen molar-refractivity contribution in [3.63, 3.8) is 0 Å². The van der Waals surface area contributed by atoms with Crippen molar-refractivity contribution < 1.29 is 19.4 Å². The van der Waals surface area contributed by atoms with Gasteiger partial charge in [-0.15, -0.1) is 0 Å². The summed E-state index contributed by atoms with van der Waals surface area (Å²) >= 11 is 0.